The van der Waals surface area contributed by atoms with E-state index >= 15 is 0 Å². The average Bonchev–Trinajstić information content (AvgIpc) is 2.86. The Bertz CT molecular complexity index is 301. The van der Waals surface area contributed by atoms with Crippen LogP contribution >= 0.6 is 23.5 Å². The van der Waals surface area contributed by atoms with Gasteiger partial charge in [-0.1, -0.05) is 0 Å². The number of hydrogen-bond acceptors (Lipinski definition) is 2. The number of hydrogen-bond donors (Lipinski definition) is 0. The second-order valence-corrected chi connectivity index (χ2v) is 5.27. The first-order valence-electron chi connectivity index (χ1n) is 4.64. The first kappa shape index (κ1) is 13.0. The van der Waals surface area contributed by atoms with Crippen LogP contribution in [0.3, 0.4) is 0 Å². The largest absolute Gasteiger partial charge is 0.747 e. The molecule has 3 heteroatoms. The fourth-order valence-electron chi connectivity index (χ4n) is 1.22. The van der Waals surface area contributed by atoms with Crippen molar-refractivity contribution in [3.63, 3.8) is 0 Å². The summed E-state index contributed by atoms with van der Waals surface area (Å²) in [5.41, 5.74) is 0. The van der Waals surface area contributed by atoms with Gasteiger partial charge in [0, 0.05) is 17.1 Å². The molecule has 2 rings (SSSR count). The van der Waals surface area contributed by atoms with Crippen molar-refractivity contribution in [2.24, 2.45) is 0 Å². The zero-order valence-electron chi connectivity index (χ0n) is 8.20. The maximum Gasteiger partial charge on any atom is 0 e. The van der Waals surface area contributed by atoms with E-state index in [1.165, 1.54) is 21.3 Å². The summed E-state index contributed by atoms with van der Waals surface area (Å²) in [6, 6.07) is 17.0. The molecule has 15 heavy (non-hydrogen) atoms. The SMILES string of the molecule is [Fe].c1cc[c-](SCCS[c-]2[cH-][cH-][cH-][cH-]2)c1. The molecule has 0 aliphatic carbocycles. The molecular weight excluding hydrogens is 264 g/mol. The van der Waals surface area contributed by atoms with Gasteiger partial charge in [-0.15, -0.1) is 4.90 Å². The van der Waals surface area contributed by atoms with Crippen LogP contribution in [0, 0.1) is 0 Å². The summed E-state index contributed by atoms with van der Waals surface area (Å²) in [4.78, 5) is 2.77. The minimum Gasteiger partial charge on any atom is -0.747 e. The summed E-state index contributed by atoms with van der Waals surface area (Å²) in [5, 5.41) is 0. The van der Waals surface area contributed by atoms with Gasteiger partial charge < -0.3 is 40.9 Å². The normalized spacial score (nSPS) is 9.87. The second-order valence-electron chi connectivity index (χ2n) is 2.94. The molecule has 0 bridgehead atoms. The fourth-order valence-corrected chi connectivity index (χ4v) is 3.06. The zero-order valence-corrected chi connectivity index (χ0v) is 10.9. The minimum atomic E-state index is 0. The van der Waals surface area contributed by atoms with E-state index in [1.54, 1.807) is 0 Å². The van der Waals surface area contributed by atoms with Gasteiger partial charge in [0.15, 0.2) is 0 Å². The molecule has 0 aliphatic rings. The van der Waals surface area contributed by atoms with Crippen LogP contribution in [0.2, 0.25) is 0 Å². The van der Waals surface area contributed by atoms with Gasteiger partial charge in [0.05, 0.1) is 0 Å². The molecule has 86 valence electrons. The molecule has 0 saturated carbocycles. The molecule has 0 fully saturated rings. The fraction of sp³-hybridized carbons (Fsp3) is 0.167. The predicted octanol–water partition coefficient (Wildman–Crippen LogP) is 4.01. The van der Waals surface area contributed by atoms with Crippen molar-refractivity contribution in [2.45, 2.75) is 9.79 Å². The van der Waals surface area contributed by atoms with E-state index in [0.717, 1.165) is 0 Å². The molecular formula is C12H12FeS2-6. The second kappa shape index (κ2) is 7.24. The topological polar surface area (TPSA) is 0 Å². The Labute approximate surface area is 110 Å². The molecule has 0 radical (unpaired) electrons. The van der Waals surface area contributed by atoms with Crippen molar-refractivity contribution in [3.8, 4) is 0 Å². The van der Waals surface area contributed by atoms with Crippen LogP contribution in [-0.2, 0) is 17.1 Å². The van der Waals surface area contributed by atoms with E-state index in [1.807, 2.05) is 23.5 Å². The molecule has 0 N–H and O–H groups in total. The van der Waals surface area contributed by atoms with Crippen molar-refractivity contribution in [1.29, 1.82) is 0 Å². The van der Waals surface area contributed by atoms with Gasteiger partial charge >= 0.3 is 0 Å². The third kappa shape index (κ3) is 4.52. The zero-order chi connectivity index (χ0) is 9.64. The molecule has 0 aliphatic heterocycles. The van der Waals surface area contributed by atoms with Crippen LogP contribution in [0.25, 0.3) is 0 Å². The molecule has 0 atom stereocenters. The maximum absolute atomic E-state index is 2.16. The molecule has 0 spiro atoms. The molecule has 0 unspecified atom stereocenters. The van der Waals surface area contributed by atoms with Gasteiger partial charge in [-0.05, 0) is 11.5 Å². The van der Waals surface area contributed by atoms with Gasteiger partial charge in [-0.2, -0.15) is 23.9 Å². The first-order valence-corrected chi connectivity index (χ1v) is 6.61. The van der Waals surface area contributed by atoms with E-state index in [4.69, 9.17) is 0 Å². The van der Waals surface area contributed by atoms with Crippen molar-refractivity contribution >= 4 is 23.5 Å². The third-order valence-corrected chi connectivity index (χ3v) is 4.17. The standard InChI is InChI=1S/C12H12S2.Fe/c1-2-6-11(5-1)13-9-10-14-12-7-3-4-8-12;/h1-8H,9-10H2;/q-6;. The van der Waals surface area contributed by atoms with Gasteiger partial charge in [0.2, 0.25) is 0 Å². The molecule has 0 saturated heterocycles. The number of rotatable bonds is 5. The molecule has 0 heterocycles. The van der Waals surface area contributed by atoms with Gasteiger partial charge in [0.25, 0.3) is 0 Å². The van der Waals surface area contributed by atoms with E-state index in [2.05, 4.69) is 48.5 Å². The molecule has 2 aromatic carbocycles. The van der Waals surface area contributed by atoms with Gasteiger partial charge in [-0.3, -0.25) is 0 Å². The summed E-state index contributed by atoms with van der Waals surface area (Å²) >= 11 is 3.86. The van der Waals surface area contributed by atoms with Crippen LogP contribution in [0.5, 0.6) is 0 Å². The molecule has 0 nitrogen and oxygen atoms in total. The number of thioether (sulfide) groups is 2. The summed E-state index contributed by atoms with van der Waals surface area (Å²) in [6.45, 7) is 0. The Hall–Kier alpha value is -0.0805. The Morgan fingerprint density at radius 2 is 1.53 bits per heavy atom. The van der Waals surface area contributed by atoms with E-state index in [-0.39, 0.29) is 17.1 Å². The van der Waals surface area contributed by atoms with Crippen molar-refractivity contribution in [2.75, 3.05) is 11.5 Å². The van der Waals surface area contributed by atoms with Gasteiger partial charge in [0.1, 0.15) is 0 Å². The Kier molecular flexibility index (Phi) is 6.26. The van der Waals surface area contributed by atoms with Crippen LogP contribution in [0.1, 0.15) is 0 Å². The maximum atomic E-state index is 2.16. The summed E-state index contributed by atoms with van der Waals surface area (Å²) in [7, 11) is 0. The average molecular weight is 276 g/mol. The molecule has 0 aromatic heterocycles. The predicted molar refractivity (Wildman–Crippen MR) is 65.5 cm³/mol. The van der Waals surface area contributed by atoms with Crippen LogP contribution in [0.4, 0.5) is 0 Å². The van der Waals surface area contributed by atoms with E-state index in [0.29, 0.717) is 0 Å². The van der Waals surface area contributed by atoms with Crippen molar-refractivity contribution in [3.05, 3.63) is 48.5 Å². The summed E-state index contributed by atoms with van der Waals surface area (Å²) in [6.07, 6.45) is 0. The Balaban J connectivity index is 0.00000112. The summed E-state index contributed by atoms with van der Waals surface area (Å²) in [5.74, 6) is 2.36. The monoisotopic (exact) mass is 276 g/mol. The molecule has 2 aromatic rings. The molecule has 0 amide bonds. The van der Waals surface area contributed by atoms with E-state index < -0.39 is 0 Å². The van der Waals surface area contributed by atoms with E-state index in [9.17, 15) is 0 Å². The quantitative estimate of drug-likeness (QED) is 0.350. The van der Waals surface area contributed by atoms with Crippen LogP contribution in [-0.4, -0.2) is 11.5 Å². The van der Waals surface area contributed by atoms with Gasteiger partial charge in [-0.25, -0.2) is 12.1 Å². The Morgan fingerprint density at radius 3 is 2.20 bits per heavy atom. The minimum absolute atomic E-state index is 0. The van der Waals surface area contributed by atoms with Crippen LogP contribution < -0.4 is 0 Å². The summed E-state index contributed by atoms with van der Waals surface area (Å²) < 4.78 is 0. The van der Waals surface area contributed by atoms with Crippen molar-refractivity contribution in [1.82, 2.24) is 0 Å². The van der Waals surface area contributed by atoms with Crippen molar-refractivity contribution < 1.29 is 17.1 Å². The smallest absolute Gasteiger partial charge is 0 e. The Morgan fingerprint density at radius 1 is 0.933 bits per heavy atom. The first-order chi connectivity index (χ1) is 6.95. The van der Waals surface area contributed by atoms with Crippen LogP contribution in [0.15, 0.2) is 58.3 Å². The third-order valence-electron chi connectivity index (χ3n) is 1.88.